The number of nitrogens with zero attached hydrogens (tertiary/aromatic N) is 1. The molecule has 0 saturated heterocycles. The largest absolute Gasteiger partial charge is 0.467 e. The first-order valence-electron chi connectivity index (χ1n) is 5.11. The lowest BCUT2D eigenvalue weighted by Gasteiger charge is -2.19. The van der Waals surface area contributed by atoms with Gasteiger partial charge in [0.2, 0.25) is 15.9 Å². The fourth-order valence-corrected chi connectivity index (χ4v) is 1.77. The number of carbonyl (C=O) groups is 1. The summed E-state index contributed by atoms with van der Waals surface area (Å²) < 4.78 is 29.2. The van der Waals surface area contributed by atoms with Gasteiger partial charge < -0.3 is 9.32 Å². The minimum atomic E-state index is -3.22. The van der Waals surface area contributed by atoms with E-state index in [1.807, 2.05) is 0 Å². The molecule has 0 spiro atoms. The first kappa shape index (κ1) is 13.7. The van der Waals surface area contributed by atoms with Gasteiger partial charge >= 0.3 is 0 Å². The molecule has 0 aliphatic rings. The zero-order valence-electron chi connectivity index (χ0n) is 9.84. The second-order valence-electron chi connectivity index (χ2n) is 3.69. The van der Waals surface area contributed by atoms with E-state index in [1.54, 1.807) is 12.1 Å². The molecule has 0 aliphatic heterocycles. The topological polar surface area (TPSA) is 79.6 Å². The molecule has 1 amide bonds. The third kappa shape index (κ3) is 5.50. The number of carbonyl (C=O) groups excluding carboxylic acids is 1. The Bertz CT molecular complexity index is 453. The molecule has 0 radical (unpaired) electrons. The standard InChI is InChI=1S/C10H16N2O4S/c1-9(13)12(6-5-11-17(2,14)15)8-10-4-3-7-16-10/h3-4,7,11H,5-6,8H2,1-2H3. The van der Waals surface area contributed by atoms with Crippen molar-refractivity contribution in [1.29, 1.82) is 0 Å². The normalized spacial score (nSPS) is 11.4. The summed E-state index contributed by atoms with van der Waals surface area (Å²) in [7, 11) is -3.22. The molecule has 0 saturated carbocycles. The Kier molecular flexibility index (Phi) is 4.71. The number of hydrogen-bond donors (Lipinski definition) is 1. The van der Waals surface area contributed by atoms with E-state index in [-0.39, 0.29) is 12.5 Å². The molecule has 1 aromatic heterocycles. The molecular formula is C10H16N2O4S. The Morgan fingerprint density at radius 1 is 1.53 bits per heavy atom. The summed E-state index contributed by atoms with van der Waals surface area (Å²) in [5, 5.41) is 0. The van der Waals surface area contributed by atoms with E-state index >= 15 is 0 Å². The van der Waals surface area contributed by atoms with Crippen LogP contribution < -0.4 is 4.72 Å². The zero-order chi connectivity index (χ0) is 12.9. The summed E-state index contributed by atoms with van der Waals surface area (Å²) in [6.45, 7) is 2.28. The molecule has 0 aromatic carbocycles. The third-order valence-electron chi connectivity index (χ3n) is 2.12. The summed E-state index contributed by atoms with van der Waals surface area (Å²) in [5.41, 5.74) is 0. The van der Waals surface area contributed by atoms with E-state index in [9.17, 15) is 13.2 Å². The van der Waals surface area contributed by atoms with Gasteiger partial charge in [-0.05, 0) is 12.1 Å². The molecule has 1 rings (SSSR count). The summed E-state index contributed by atoms with van der Waals surface area (Å²) >= 11 is 0. The van der Waals surface area contributed by atoms with Crippen LogP contribution in [0.25, 0.3) is 0 Å². The van der Waals surface area contributed by atoms with Crippen LogP contribution in [0.15, 0.2) is 22.8 Å². The van der Waals surface area contributed by atoms with E-state index in [1.165, 1.54) is 18.1 Å². The molecule has 0 unspecified atom stereocenters. The SMILES string of the molecule is CC(=O)N(CCNS(C)(=O)=O)Cc1ccco1. The van der Waals surface area contributed by atoms with Crippen molar-refractivity contribution in [3.8, 4) is 0 Å². The number of amides is 1. The number of rotatable bonds is 6. The van der Waals surface area contributed by atoms with Gasteiger partial charge in [-0.3, -0.25) is 4.79 Å². The van der Waals surface area contributed by atoms with Crippen molar-refractivity contribution in [2.75, 3.05) is 19.3 Å². The summed E-state index contributed by atoms with van der Waals surface area (Å²) in [5.74, 6) is 0.538. The maximum atomic E-state index is 11.3. The Morgan fingerprint density at radius 3 is 2.71 bits per heavy atom. The predicted molar refractivity (Wildman–Crippen MR) is 62.6 cm³/mol. The van der Waals surface area contributed by atoms with E-state index in [4.69, 9.17) is 4.42 Å². The van der Waals surface area contributed by atoms with Gasteiger partial charge in [-0.1, -0.05) is 0 Å². The average Bonchev–Trinajstić information content (AvgIpc) is 2.66. The van der Waals surface area contributed by atoms with Crippen LogP contribution in [0.5, 0.6) is 0 Å². The molecule has 0 aliphatic carbocycles. The highest BCUT2D eigenvalue weighted by Crippen LogP contribution is 2.05. The maximum absolute atomic E-state index is 11.3. The first-order chi connectivity index (χ1) is 7.88. The smallest absolute Gasteiger partial charge is 0.219 e. The van der Waals surface area contributed by atoms with Crippen LogP contribution in [0.1, 0.15) is 12.7 Å². The Morgan fingerprint density at radius 2 is 2.24 bits per heavy atom. The molecule has 6 nitrogen and oxygen atoms in total. The van der Waals surface area contributed by atoms with Crippen molar-refractivity contribution in [2.24, 2.45) is 0 Å². The average molecular weight is 260 g/mol. The highest BCUT2D eigenvalue weighted by Gasteiger charge is 2.11. The zero-order valence-corrected chi connectivity index (χ0v) is 10.7. The minimum absolute atomic E-state index is 0.128. The lowest BCUT2D eigenvalue weighted by atomic mass is 10.4. The van der Waals surface area contributed by atoms with Gasteiger partial charge in [0.05, 0.1) is 19.1 Å². The van der Waals surface area contributed by atoms with Gasteiger partial charge in [0.1, 0.15) is 5.76 Å². The fraction of sp³-hybridized carbons (Fsp3) is 0.500. The Balaban J connectivity index is 2.47. The summed E-state index contributed by atoms with van der Waals surface area (Å²) in [6.07, 6.45) is 2.61. The highest BCUT2D eigenvalue weighted by atomic mass is 32.2. The van der Waals surface area contributed by atoms with Crippen LogP contribution in [0.4, 0.5) is 0 Å². The molecule has 1 N–H and O–H groups in total. The van der Waals surface area contributed by atoms with Gasteiger partial charge in [-0.25, -0.2) is 13.1 Å². The minimum Gasteiger partial charge on any atom is -0.467 e. The molecular weight excluding hydrogens is 244 g/mol. The molecule has 0 atom stereocenters. The summed E-state index contributed by atoms with van der Waals surface area (Å²) in [4.78, 5) is 12.8. The predicted octanol–water partition coefficient (Wildman–Crippen LogP) is 0.177. The van der Waals surface area contributed by atoms with Crippen molar-refractivity contribution in [1.82, 2.24) is 9.62 Å². The molecule has 17 heavy (non-hydrogen) atoms. The van der Waals surface area contributed by atoms with E-state index < -0.39 is 10.0 Å². The number of sulfonamides is 1. The number of furan rings is 1. The third-order valence-corrected chi connectivity index (χ3v) is 2.85. The highest BCUT2D eigenvalue weighted by molar-refractivity contribution is 7.88. The van der Waals surface area contributed by atoms with Crippen LogP contribution in [-0.4, -0.2) is 38.6 Å². The Hall–Kier alpha value is -1.34. The van der Waals surface area contributed by atoms with Crippen molar-refractivity contribution < 1.29 is 17.6 Å². The van der Waals surface area contributed by atoms with Crippen molar-refractivity contribution in [3.63, 3.8) is 0 Å². The van der Waals surface area contributed by atoms with Gasteiger partial charge in [0.15, 0.2) is 0 Å². The van der Waals surface area contributed by atoms with E-state index in [0.717, 1.165) is 6.26 Å². The second kappa shape index (κ2) is 5.83. The molecule has 0 fully saturated rings. The fourth-order valence-electron chi connectivity index (χ4n) is 1.30. The van der Waals surface area contributed by atoms with Crippen molar-refractivity contribution in [3.05, 3.63) is 24.2 Å². The van der Waals surface area contributed by atoms with Gasteiger partial charge in [0, 0.05) is 20.0 Å². The lowest BCUT2D eigenvalue weighted by Crippen LogP contribution is -2.36. The van der Waals surface area contributed by atoms with Crippen LogP contribution >= 0.6 is 0 Å². The summed E-state index contributed by atoms with van der Waals surface area (Å²) in [6, 6.07) is 3.50. The monoisotopic (exact) mass is 260 g/mol. The molecule has 0 bridgehead atoms. The van der Waals surface area contributed by atoms with Gasteiger partial charge in [-0.15, -0.1) is 0 Å². The number of hydrogen-bond acceptors (Lipinski definition) is 4. The van der Waals surface area contributed by atoms with Crippen LogP contribution in [0.2, 0.25) is 0 Å². The maximum Gasteiger partial charge on any atom is 0.219 e. The lowest BCUT2D eigenvalue weighted by molar-refractivity contribution is -0.129. The van der Waals surface area contributed by atoms with Crippen molar-refractivity contribution >= 4 is 15.9 Å². The van der Waals surface area contributed by atoms with E-state index in [0.29, 0.717) is 18.8 Å². The Labute approximate surface area is 101 Å². The van der Waals surface area contributed by atoms with E-state index in [2.05, 4.69) is 4.72 Å². The number of nitrogens with one attached hydrogen (secondary N) is 1. The van der Waals surface area contributed by atoms with Gasteiger partial charge in [0.25, 0.3) is 0 Å². The first-order valence-corrected chi connectivity index (χ1v) is 7.00. The quantitative estimate of drug-likeness (QED) is 0.791. The molecule has 1 aromatic rings. The molecule has 96 valence electrons. The van der Waals surface area contributed by atoms with Crippen LogP contribution in [0, 0.1) is 0 Å². The van der Waals surface area contributed by atoms with Crippen LogP contribution in [0.3, 0.4) is 0 Å². The molecule has 7 heteroatoms. The molecule has 1 heterocycles. The van der Waals surface area contributed by atoms with Gasteiger partial charge in [-0.2, -0.15) is 0 Å². The van der Waals surface area contributed by atoms with Crippen molar-refractivity contribution in [2.45, 2.75) is 13.5 Å². The second-order valence-corrected chi connectivity index (χ2v) is 5.52. The van der Waals surface area contributed by atoms with Crippen LogP contribution in [-0.2, 0) is 21.4 Å².